The van der Waals surface area contributed by atoms with Crippen molar-refractivity contribution in [1.82, 2.24) is 9.55 Å². The maximum absolute atomic E-state index is 13.5. The molecule has 2 aromatic heterocycles. The lowest BCUT2D eigenvalue weighted by molar-refractivity contribution is -0.119. The number of nitrogens with one attached hydrogen (secondary N) is 1. The van der Waals surface area contributed by atoms with Gasteiger partial charge in [0.2, 0.25) is 17.6 Å². The van der Waals surface area contributed by atoms with Crippen molar-refractivity contribution in [1.29, 1.82) is 5.26 Å². The van der Waals surface area contributed by atoms with Crippen LogP contribution >= 0.6 is 22.9 Å². The van der Waals surface area contributed by atoms with E-state index in [9.17, 15) is 14.9 Å². The number of nitriles is 1. The lowest BCUT2D eigenvalue weighted by atomic mass is 10.2. The summed E-state index contributed by atoms with van der Waals surface area (Å²) in [4.78, 5) is 30.7. The average molecular weight is 464 g/mol. The van der Waals surface area contributed by atoms with Gasteiger partial charge < -0.3 is 14.8 Å². The average Bonchev–Trinajstić information content (AvgIpc) is 3.39. The van der Waals surface area contributed by atoms with Gasteiger partial charge in [0, 0.05) is 23.3 Å². The van der Waals surface area contributed by atoms with E-state index in [0.29, 0.717) is 34.0 Å². The first-order valence-electron chi connectivity index (χ1n) is 9.69. The molecule has 2 amide bonds. The molecule has 0 spiro atoms. The third-order valence-corrected chi connectivity index (χ3v) is 5.79. The molecule has 0 bridgehead atoms. The maximum Gasteiger partial charge on any atom is 0.247 e. The van der Waals surface area contributed by atoms with E-state index in [2.05, 4.69) is 16.4 Å². The Hall–Kier alpha value is -3.67. The van der Waals surface area contributed by atoms with Crippen molar-refractivity contribution in [2.24, 2.45) is 0 Å². The number of hydrogen-bond donors (Lipinski definition) is 1. The minimum atomic E-state index is -0.200. The lowest BCUT2D eigenvalue weighted by Gasteiger charge is -2.23. The van der Waals surface area contributed by atoms with Crippen LogP contribution in [0.4, 0.5) is 11.4 Å². The van der Waals surface area contributed by atoms with E-state index in [4.69, 9.17) is 11.6 Å². The number of imidazole rings is 1. The molecule has 2 aromatic carbocycles. The van der Waals surface area contributed by atoms with Gasteiger partial charge in [-0.15, -0.1) is 0 Å². The predicted molar refractivity (Wildman–Crippen MR) is 126 cm³/mol. The molecular formula is C23H18ClN5O2S. The quantitative estimate of drug-likeness (QED) is 0.444. The molecule has 0 aliphatic rings. The summed E-state index contributed by atoms with van der Waals surface area (Å²) < 4.78 is 1.60. The first-order chi connectivity index (χ1) is 15.4. The summed E-state index contributed by atoms with van der Waals surface area (Å²) in [5.41, 5.74) is 3.55. The molecule has 4 rings (SSSR count). The number of nitrogens with zero attached hydrogens (tertiary/aromatic N) is 4. The summed E-state index contributed by atoms with van der Waals surface area (Å²) in [5.74, 6) is -0.221. The Labute approximate surface area is 193 Å². The van der Waals surface area contributed by atoms with Crippen LogP contribution in [0.2, 0.25) is 5.02 Å². The van der Waals surface area contributed by atoms with Crippen LogP contribution < -0.4 is 10.2 Å². The lowest BCUT2D eigenvalue weighted by Crippen LogP contribution is -2.33. The van der Waals surface area contributed by atoms with E-state index in [0.717, 1.165) is 5.56 Å². The molecular weight excluding hydrogens is 446 g/mol. The molecule has 0 unspecified atom stereocenters. The van der Waals surface area contributed by atoms with Crippen molar-refractivity contribution in [3.05, 3.63) is 75.7 Å². The van der Waals surface area contributed by atoms with Crippen molar-refractivity contribution in [3.8, 4) is 6.07 Å². The monoisotopic (exact) mass is 463 g/mol. The molecule has 1 N–H and O–H groups in total. The van der Waals surface area contributed by atoms with E-state index in [1.165, 1.54) is 6.92 Å². The highest BCUT2D eigenvalue weighted by molar-refractivity contribution is 7.07. The number of carbonyl (C=O) groups is 2. The number of carbonyl (C=O) groups excluding carboxylic acids is 2. The summed E-state index contributed by atoms with van der Waals surface area (Å²) >= 11 is 7.61. The van der Waals surface area contributed by atoms with Crippen LogP contribution in [0.3, 0.4) is 0 Å². The molecule has 0 saturated carbocycles. The Morgan fingerprint density at radius 1 is 1.22 bits per heavy atom. The van der Waals surface area contributed by atoms with Gasteiger partial charge >= 0.3 is 0 Å². The highest BCUT2D eigenvalue weighted by atomic mass is 35.5. The van der Waals surface area contributed by atoms with Gasteiger partial charge in [-0.25, -0.2) is 4.98 Å². The molecule has 9 heteroatoms. The largest absolute Gasteiger partial charge is 0.326 e. The highest BCUT2D eigenvalue weighted by Crippen LogP contribution is 2.24. The van der Waals surface area contributed by atoms with Gasteiger partial charge in [0.1, 0.15) is 12.6 Å². The number of amides is 2. The Balaban J connectivity index is 1.67. The normalized spacial score (nSPS) is 10.7. The zero-order chi connectivity index (χ0) is 22.7. The fourth-order valence-electron chi connectivity index (χ4n) is 3.39. The predicted octanol–water partition coefficient (Wildman–Crippen LogP) is 4.81. The summed E-state index contributed by atoms with van der Waals surface area (Å²) in [7, 11) is 0. The second kappa shape index (κ2) is 9.22. The highest BCUT2D eigenvalue weighted by Gasteiger charge is 2.21. The van der Waals surface area contributed by atoms with Gasteiger partial charge in [-0.3, -0.25) is 9.59 Å². The number of anilines is 2. The molecule has 7 nitrogen and oxygen atoms in total. The number of hydrogen-bond acceptors (Lipinski definition) is 5. The minimum Gasteiger partial charge on any atom is -0.326 e. The van der Waals surface area contributed by atoms with Crippen LogP contribution in [-0.2, 0) is 22.7 Å². The van der Waals surface area contributed by atoms with Crippen molar-refractivity contribution in [3.63, 3.8) is 0 Å². The summed E-state index contributed by atoms with van der Waals surface area (Å²) in [6, 6.07) is 16.2. The summed E-state index contributed by atoms with van der Waals surface area (Å²) in [6.07, 6.45) is 0. The standard InChI is InChI=1S/C23H18ClN5O2S/c1-15(30)26-18-3-5-19(6-4-18)28(12-16-8-9-32-14-16)23(31)13-29-21-7-2-17(24)10-20(21)27-22(29)11-25/h2-10,14H,12-13H2,1H3,(H,26,30). The van der Waals surface area contributed by atoms with Gasteiger partial charge in [0.15, 0.2) is 0 Å². The van der Waals surface area contributed by atoms with Crippen molar-refractivity contribution in [2.75, 3.05) is 10.2 Å². The fourth-order valence-corrected chi connectivity index (χ4v) is 4.21. The molecule has 4 aromatic rings. The SMILES string of the molecule is CC(=O)Nc1ccc(N(Cc2ccsc2)C(=O)Cn2c(C#N)nc3cc(Cl)ccc32)cc1. The van der Waals surface area contributed by atoms with Crippen LogP contribution in [0.1, 0.15) is 18.3 Å². The number of rotatable bonds is 6. The number of thiophene rings is 1. The number of halogens is 1. The third-order valence-electron chi connectivity index (χ3n) is 4.82. The molecule has 32 heavy (non-hydrogen) atoms. The molecule has 0 aliphatic heterocycles. The number of benzene rings is 2. The zero-order valence-corrected chi connectivity index (χ0v) is 18.7. The first kappa shape index (κ1) is 21.6. The number of aromatic nitrogens is 2. The fraction of sp³-hybridized carbons (Fsp3) is 0.130. The Bertz CT molecular complexity index is 1320. The maximum atomic E-state index is 13.5. The van der Waals surface area contributed by atoms with Gasteiger partial charge in [-0.05, 0) is 64.9 Å². The van der Waals surface area contributed by atoms with Gasteiger partial charge in [0.25, 0.3) is 0 Å². The van der Waals surface area contributed by atoms with Gasteiger partial charge in [-0.1, -0.05) is 11.6 Å². The molecule has 2 heterocycles. The van der Waals surface area contributed by atoms with Crippen LogP contribution in [0, 0.1) is 11.3 Å². The minimum absolute atomic E-state index is 0.0569. The molecule has 0 fully saturated rings. The van der Waals surface area contributed by atoms with Crippen molar-refractivity contribution < 1.29 is 9.59 Å². The third kappa shape index (κ3) is 4.64. The summed E-state index contributed by atoms with van der Waals surface area (Å²) in [5, 5.41) is 16.7. The first-order valence-corrected chi connectivity index (χ1v) is 11.0. The Morgan fingerprint density at radius 2 is 2.00 bits per heavy atom. The van der Waals surface area contributed by atoms with Crippen LogP contribution in [0.25, 0.3) is 11.0 Å². The van der Waals surface area contributed by atoms with Crippen LogP contribution in [0.15, 0.2) is 59.3 Å². The van der Waals surface area contributed by atoms with E-state index in [-0.39, 0.29) is 24.2 Å². The molecule has 0 radical (unpaired) electrons. The Kier molecular flexibility index (Phi) is 6.21. The molecule has 0 aliphatic carbocycles. The smallest absolute Gasteiger partial charge is 0.247 e. The topological polar surface area (TPSA) is 91.0 Å². The van der Waals surface area contributed by atoms with Crippen LogP contribution in [-0.4, -0.2) is 21.4 Å². The second-order valence-corrected chi connectivity index (χ2v) is 8.32. The van der Waals surface area contributed by atoms with Crippen LogP contribution in [0.5, 0.6) is 0 Å². The van der Waals surface area contributed by atoms with Gasteiger partial charge in [0.05, 0.1) is 17.6 Å². The van der Waals surface area contributed by atoms with Gasteiger partial charge in [-0.2, -0.15) is 16.6 Å². The number of fused-ring (bicyclic) bond motifs is 1. The summed E-state index contributed by atoms with van der Waals surface area (Å²) in [6.45, 7) is 1.76. The van der Waals surface area contributed by atoms with Crippen molar-refractivity contribution in [2.45, 2.75) is 20.0 Å². The van der Waals surface area contributed by atoms with E-state index in [1.54, 1.807) is 63.3 Å². The van der Waals surface area contributed by atoms with E-state index < -0.39 is 0 Å². The van der Waals surface area contributed by atoms with E-state index >= 15 is 0 Å². The Morgan fingerprint density at radius 3 is 2.66 bits per heavy atom. The molecule has 0 saturated heterocycles. The zero-order valence-electron chi connectivity index (χ0n) is 17.1. The second-order valence-electron chi connectivity index (χ2n) is 7.11. The van der Waals surface area contributed by atoms with E-state index in [1.807, 2.05) is 16.8 Å². The molecule has 160 valence electrons. The van der Waals surface area contributed by atoms with Crippen molar-refractivity contribution >= 4 is 57.2 Å². The molecule has 0 atom stereocenters.